The van der Waals surface area contributed by atoms with Gasteiger partial charge in [-0.1, -0.05) is 67.0 Å². The molecule has 4 aromatic rings. The van der Waals surface area contributed by atoms with Gasteiger partial charge in [0.15, 0.2) is 0 Å². The standard InChI is InChI=1S/C36H45ClN4O/c1-9-19-20(10-2)28-18-30-22(12-4)24(14-6)34(40-30)36(42)35-26(16-8)25(15-7)33(41-35)31(37)32-23(13-5)21(11-3)29(39-32)17-27(19)38-28/h17-18,38-40H,9-16H2,1-8H3. The number of nitrogens with one attached hydrogen (secondary N) is 3. The maximum Gasteiger partial charge on any atom is 0.228 e. The van der Waals surface area contributed by atoms with Crippen molar-refractivity contribution in [2.24, 2.45) is 0 Å². The van der Waals surface area contributed by atoms with Gasteiger partial charge in [-0.2, -0.15) is 0 Å². The monoisotopic (exact) mass is 584 g/mol. The molecule has 1 aliphatic rings. The molecule has 0 fully saturated rings. The van der Waals surface area contributed by atoms with E-state index in [0.717, 1.165) is 101 Å². The van der Waals surface area contributed by atoms with E-state index in [4.69, 9.17) is 16.6 Å². The van der Waals surface area contributed by atoms with Gasteiger partial charge in [-0.15, -0.1) is 0 Å². The van der Waals surface area contributed by atoms with Crippen molar-refractivity contribution >= 4 is 55.8 Å². The second kappa shape index (κ2) is 12.1. The van der Waals surface area contributed by atoms with Gasteiger partial charge < -0.3 is 15.0 Å². The van der Waals surface area contributed by atoms with Crippen LogP contribution >= 0.6 is 11.6 Å². The van der Waals surface area contributed by atoms with E-state index in [1.165, 1.54) is 27.8 Å². The van der Waals surface area contributed by atoms with Crippen molar-refractivity contribution in [3.8, 4) is 0 Å². The van der Waals surface area contributed by atoms with E-state index in [-0.39, 0.29) is 5.43 Å². The molecule has 8 bridgehead atoms. The number of fused-ring (bicyclic) bond motifs is 8. The minimum atomic E-state index is -0.0434. The lowest BCUT2D eigenvalue weighted by Gasteiger charge is -2.05. The van der Waals surface area contributed by atoms with Crippen LogP contribution in [0.3, 0.4) is 0 Å². The van der Waals surface area contributed by atoms with Gasteiger partial charge in [-0.05, 0) is 108 Å². The van der Waals surface area contributed by atoms with Crippen LogP contribution in [0, 0.1) is 0 Å². The summed E-state index contributed by atoms with van der Waals surface area (Å²) in [7, 11) is 0. The van der Waals surface area contributed by atoms with Crippen molar-refractivity contribution in [2.75, 3.05) is 0 Å². The predicted octanol–water partition coefficient (Wildman–Crippen LogP) is 9.64. The minimum absolute atomic E-state index is 0.0434. The van der Waals surface area contributed by atoms with Crippen molar-refractivity contribution in [3.05, 3.63) is 72.1 Å². The Morgan fingerprint density at radius 2 is 0.905 bits per heavy atom. The molecule has 0 aliphatic carbocycles. The zero-order valence-corrected chi connectivity index (χ0v) is 27.3. The van der Waals surface area contributed by atoms with Crippen LogP contribution in [-0.2, 0) is 38.5 Å². The smallest absolute Gasteiger partial charge is 0.228 e. The highest BCUT2D eigenvalue weighted by molar-refractivity contribution is 6.36. The summed E-state index contributed by atoms with van der Waals surface area (Å²) in [6, 6.07) is 4.50. The van der Waals surface area contributed by atoms with Crippen LogP contribution < -0.4 is 5.43 Å². The van der Waals surface area contributed by atoms with Crippen LogP contribution in [0.25, 0.3) is 44.2 Å². The van der Waals surface area contributed by atoms with E-state index in [1.807, 2.05) is 0 Å². The van der Waals surface area contributed by atoms with Gasteiger partial charge in [0.1, 0.15) is 5.69 Å². The first-order valence-electron chi connectivity index (χ1n) is 16.0. The van der Waals surface area contributed by atoms with Crippen LogP contribution in [0.4, 0.5) is 0 Å². The topological polar surface area (TPSA) is 77.3 Å². The molecule has 3 N–H and O–H groups in total. The Morgan fingerprint density at radius 3 is 1.36 bits per heavy atom. The highest BCUT2D eigenvalue weighted by Crippen LogP contribution is 2.39. The van der Waals surface area contributed by atoms with Gasteiger partial charge in [0.05, 0.1) is 21.7 Å². The summed E-state index contributed by atoms with van der Waals surface area (Å²) in [4.78, 5) is 30.6. The van der Waals surface area contributed by atoms with E-state index in [9.17, 15) is 4.79 Å². The number of aromatic amines is 3. The van der Waals surface area contributed by atoms with Gasteiger partial charge in [0, 0.05) is 22.1 Å². The zero-order valence-electron chi connectivity index (χ0n) is 26.5. The summed E-state index contributed by atoms with van der Waals surface area (Å²) in [6.45, 7) is 17.4. The zero-order chi connectivity index (χ0) is 30.3. The molecule has 5 rings (SSSR count). The number of H-pyrrole nitrogens is 3. The molecule has 0 amide bonds. The Hall–Kier alpha value is -3.31. The molecular formula is C36H45ClN4O. The highest BCUT2D eigenvalue weighted by Gasteiger charge is 2.25. The van der Waals surface area contributed by atoms with Crippen molar-refractivity contribution in [1.29, 1.82) is 0 Å². The van der Waals surface area contributed by atoms with Gasteiger partial charge in [0.2, 0.25) is 5.43 Å². The van der Waals surface area contributed by atoms with E-state index in [2.05, 4.69) is 82.5 Å². The second-order valence-electron chi connectivity index (χ2n) is 11.2. The Labute approximate surface area is 254 Å². The number of halogens is 1. The Kier molecular flexibility index (Phi) is 8.71. The lowest BCUT2D eigenvalue weighted by molar-refractivity contribution is 1.07. The first-order chi connectivity index (χ1) is 20.3. The average molecular weight is 585 g/mol. The molecule has 5 nitrogen and oxygen atoms in total. The first-order valence-corrected chi connectivity index (χ1v) is 16.4. The third kappa shape index (κ3) is 4.61. The van der Waals surface area contributed by atoms with Gasteiger partial charge in [-0.25, -0.2) is 4.98 Å². The largest absolute Gasteiger partial charge is 0.355 e. The van der Waals surface area contributed by atoms with Gasteiger partial charge in [-0.3, -0.25) is 4.79 Å². The SMILES string of the molecule is CCC1=C(CC)c2nc1c(Cl)c1[nH]c(cc3[nH]c(cc4[nH]c(c(CC)c4CC)c2=O)c(CC)c3CC)c(CC)c1CC. The third-order valence-electron chi connectivity index (χ3n) is 9.22. The van der Waals surface area contributed by atoms with Crippen molar-refractivity contribution in [3.63, 3.8) is 0 Å². The molecule has 0 radical (unpaired) electrons. The summed E-state index contributed by atoms with van der Waals surface area (Å²) >= 11 is 7.32. The van der Waals surface area contributed by atoms with Crippen LogP contribution in [0.2, 0.25) is 5.02 Å². The molecule has 222 valence electrons. The highest BCUT2D eigenvalue weighted by atomic mass is 35.5. The lowest BCUT2D eigenvalue weighted by Crippen LogP contribution is -2.08. The fourth-order valence-electron chi connectivity index (χ4n) is 7.28. The van der Waals surface area contributed by atoms with Crippen molar-refractivity contribution in [2.45, 2.75) is 107 Å². The number of hydrogen-bond donors (Lipinski definition) is 3. The maximum atomic E-state index is 14.4. The summed E-state index contributed by atoms with van der Waals surface area (Å²) in [6.07, 6.45) is 6.67. The van der Waals surface area contributed by atoms with E-state index >= 15 is 0 Å². The van der Waals surface area contributed by atoms with E-state index in [0.29, 0.717) is 16.2 Å². The number of hydrogen-bond acceptors (Lipinski definition) is 2. The van der Waals surface area contributed by atoms with E-state index < -0.39 is 0 Å². The number of nitrogens with zero attached hydrogens (tertiary/aromatic N) is 1. The normalized spacial score (nSPS) is 12.7. The molecule has 5 heterocycles. The number of aromatic nitrogens is 4. The number of rotatable bonds is 8. The Morgan fingerprint density at radius 1 is 0.524 bits per heavy atom. The molecule has 0 saturated heterocycles. The molecule has 0 atom stereocenters. The Balaban J connectivity index is 2.15. The molecule has 0 saturated carbocycles. The second-order valence-corrected chi connectivity index (χ2v) is 11.6. The Bertz CT molecular complexity index is 1900. The number of aryl methyl sites for hydroxylation is 6. The van der Waals surface area contributed by atoms with Crippen molar-refractivity contribution < 1.29 is 0 Å². The van der Waals surface area contributed by atoms with Crippen LogP contribution in [0.15, 0.2) is 16.9 Å². The summed E-state index contributed by atoms with van der Waals surface area (Å²) < 4.78 is 0. The molecule has 0 unspecified atom stereocenters. The molecule has 0 aromatic carbocycles. The molecule has 1 aliphatic heterocycles. The van der Waals surface area contributed by atoms with Crippen molar-refractivity contribution in [1.82, 2.24) is 19.9 Å². The van der Waals surface area contributed by atoms with Crippen LogP contribution in [-0.4, -0.2) is 19.9 Å². The van der Waals surface area contributed by atoms with Gasteiger partial charge >= 0.3 is 0 Å². The molecule has 6 heteroatoms. The van der Waals surface area contributed by atoms with Gasteiger partial charge in [0.25, 0.3) is 0 Å². The summed E-state index contributed by atoms with van der Waals surface area (Å²) in [5.41, 5.74) is 16.6. The third-order valence-corrected chi connectivity index (χ3v) is 9.59. The quantitative estimate of drug-likeness (QED) is 0.193. The van der Waals surface area contributed by atoms with Crippen LogP contribution in [0.5, 0.6) is 0 Å². The molecule has 4 aromatic heterocycles. The number of allylic oxidation sites excluding steroid dienone is 2. The van der Waals surface area contributed by atoms with E-state index in [1.54, 1.807) is 0 Å². The summed E-state index contributed by atoms with van der Waals surface area (Å²) in [5, 5.41) is 0.599. The molecule has 42 heavy (non-hydrogen) atoms. The fraction of sp³-hybridized carbons (Fsp3) is 0.444. The predicted molar refractivity (Wildman–Crippen MR) is 181 cm³/mol. The molecular weight excluding hydrogens is 540 g/mol. The lowest BCUT2D eigenvalue weighted by atomic mass is 9.99. The van der Waals surface area contributed by atoms with Crippen LogP contribution in [0.1, 0.15) is 113 Å². The summed E-state index contributed by atoms with van der Waals surface area (Å²) in [5.74, 6) is 0. The minimum Gasteiger partial charge on any atom is -0.355 e. The maximum absolute atomic E-state index is 14.4. The average Bonchev–Trinajstić information content (AvgIpc) is 3.74. The first kappa shape index (κ1) is 30.2. The molecule has 0 spiro atoms. The fourth-order valence-corrected chi connectivity index (χ4v) is 7.60.